The first-order chi connectivity index (χ1) is 27.3. The van der Waals surface area contributed by atoms with Crippen LogP contribution in [0.2, 0.25) is 0 Å². The molecule has 56 heavy (non-hydrogen) atoms. The van der Waals surface area contributed by atoms with Crippen LogP contribution in [-0.2, 0) is 20.5 Å². The van der Waals surface area contributed by atoms with E-state index in [4.69, 9.17) is 18.9 Å². The topological polar surface area (TPSA) is 54.0 Å². The fourth-order valence-electron chi connectivity index (χ4n) is 9.51. The Bertz CT molecular complexity index is 2250. The fourth-order valence-corrected chi connectivity index (χ4v) is 9.51. The number of carbonyl (C=O) groups is 1. The van der Waals surface area contributed by atoms with E-state index in [-0.39, 0.29) is 18.6 Å². The molecule has 1 spiro atoms. The highest BCUT2D eigenvalue weighted by molar-refractivity contribution is 6.09. The van der Waals surface area contributed by atoms with E-state index < -0.39 is 11.6 Å². The molecule has 5 nitrogen and oxygen atoms in total. The third-order valence-electron chi connectivity index (χ3n) is 12.3. The number of rotatable bonds is 8. The second-order valence-corrected chi connectivity index (χ2v) is 16.0. The van der Waals surface area contributed by atoms with Gasteiger partial charge >= 0.3 is 5.97 Å². The zero-order chi connectivity index (χ0) is 38.7. The van der Waals surface area contributed by atoms with Crippen LogP contribution in [-0.4, -0.2) is 26.3 Å². The van der Waals surface area contributed by atoms with Gasteiger partial charge in [-0.1, -0.05) is 137 Å². The minimum Gasteiger partial charge on any atom is -0.497 e. The molecule has 288 valence electrons. The molecule has 1 unspecified atom stereocenters. The standard InChI is InChI=1S/C51H54O5/c1-35(2)49(52)55-33-32-54-39-24-22-38(23-25-39)51(37-20-18-36(3)19-21-37)31-28-43-47-46(41-27-26-40(53-4)34-44(41)48(43)56-51)42-16-12-13-17-45(42)50(47)29-14-10-8-6-5-7-9-11-15-30-50/h12-13,16-28,31,34H,1,5-11,14-15,29-30,32-33H2,2-4H3. The quantitative estimate of drug-likeness (QED) is 0.0899. The van der Waals surface area contributed by atoms with E-state index in [1.165, 1.54) is 96.6 Å². The maximum absolute atomic E-state index is 11.9. The molecular formula is C51H54O5. The van der Waals surface area contributed by atoms with E-state index in [1.807, 2.05) is 12.1 Å². The number of aryl methyl sites for hydroxylation is 1. The molecule has 2 aliphatic carbocycles. The number of fused-ring (bicyclic) bond motifs is 10. The van der Waals surface area contributed by atoms with Crippen LogP contribution < -0.4 is 14.2 Å². The molecule has 0 N–H and O–H groups in total. The first-order valence-corrected chi connectivity index (χ1v) is 20.6. The monoisotopic (exact) mass is 746 g/mol. The van der Waals surface area contributed by atoms with E-state index in [1.54, 1.807) is 14.0 Å². The zero-order valence-electron chi connectivity index (χ0n) is 33.3. The average molecular weight is 747 g/mol. The Morgan fingerprint density at radius 2 is 1.38 bits per heavy atom. The summed E-state index contributed by atoms with van der Waals surface area (Å²) in [5.74, 6) is 1.98. The van der Waals surface area contributed by atoms with Crippen molar-refractivity contribution in [2.45, 2.75) is 95.5 Å². The third-order valence-corrected chi connectivity index (χ3v) is 12.3. The number of esters is 1. The van der Waals surface area contributed by atoms with Crippen molar-refractivity contribution in [1.29, 1.82) is 0 Å². The Labute approximate surface area is 332 Å². The van der Waals surface area contributed by atoms with Gasteiger partial charge in [0.15, 0.2) is 5.60 Å². The Hall–Kier alpha value is -5.29. The summed E-state index contributed by atoms with van der Waals surface area (Å²) < 4.78 is 24.8. The van der Waals surface area contributed by atoms with Crippen LogP contribution in [0.25, 0.3) is 28.0 Å². The molecule has 8 rings (SSSR count). The van der Waals surface area contributed by atoms with Gasteiger partial charge in [0.2, 0.25) is 0 Å². The van der Waals surface area contributed by atoms with Gasteiger partial charge in [-0.25, -0.2) is 4.79 Å². The summed E-state index contributed by atoms with van der Waals surface area (Å²) in [5.41, 5.74) is 9.42. The molecule has 0 saturated heterocycles. The lowest BCUT2D eigenvalue weighted by atomic mass is 9.68. The minimum absolute atomic E-state index is 0.0986. The lowest BCUT2D eigenvalue weighted by molar-refractivity contribution is -0.139. The number of carbonyl (C=O) groups excluding carboxylic acids is 1. The maximum atomic E-state index is 11.9. The number of ether oxygens (including phenoxy) is 4. The van der Waals surface area contributed by atoms with Crippen LogP contribution in [0.1, 0.15) is 111 Å². The number of methoxy groups -OCH3 is 1. The second kappa shape index (κ2) is 16.1. The molecule has 3 aliphatic rings. The molecule has 1 atom stereocenters. The number of hydrogen-bond donors (Lipinski definition) is 0. The Kier molecular flexibility index (Phi) is 10.8. The van der Waals surface area contributed by atoms with Crippen molar-refractivity contribution in [1.82, 2.24) is 0 Å². The van der Waals surface area contributed by atoms with Crippen LogP contribution in [0, 0.1) is 6.92 Å². The van der Waals surface area contributed by atoms with E-state index in [9.17, 15) is 4.79 Å². The highest BCUT2D eigenvalue weighted by Gasteiger charge is 2.48. The normalized spacial score (nSPS) is 18.8. The van der Waals surface area contributed by atoms with Crippen molar-refractivity contribution < 1.29 is 23.7 Å². The van der Waals surface area contributed by atoms with Crippen molar-refractivity contribution >= 4 is 22.8 Å². The van der Waals surface area contributed by atoms with Gasteiger partial charge in [-0.15, -0.1) is 0 Å². The van der Waals surface area contributed by atoms with Gasteiger partial charge < -0.3 is 18.9 Å². The summed E-state index contributed by atoms with van der Waals surface area (Å²) in [5, 5.41) is 2.27. The highest BCUT2D eigenvalue weighted by atomic mass is 16.6. The third kappa shape index (κ3) is 6.91. The lowest BCUT2D eigenvalue weighted by Gasteiger charge is -2.40. The van der Waals surface area contributed by atoms with E-state index >= 15 is 0 Å². The van der Waals surface area contributed by atoms with Crippen molar-refractivity contribution in [2.24, 2.45) is 0 Å². The fraction of sp³-hybridized carbons (Fsp3) is 0.353. The van der Waals surface area contributed by atoms with Gasteiger partial charge in [0.1, 0.15) is 30.5 Å². The lowest BCUT2D eigenvalue weighted by Crippen LogP contribution is -2.35. The van der Waals surface area contributed by atoms with E-state index in [0.29, 0.717) is 11.3 Å². The van der Waals surface area contributed by atoms with Crippen LogP contribution >= 0.6 is 0 Å². The molecule has 0 bridgehead atoms. The summed E-state index contributed by atoms with van der Waals surface area (Å²) in [6, 6.07) is 32.6. The average Bonchev–Trinajstić information content (AvgIpc) is 3.51. The molecular weight excluding hydrogens is 693 g/mol. The SMILES string of the molecule is C=C(C)C(=O)OCCOc1ccc(C2(c3ccc(C)cc3)C=Cc3c4c(c5ccc(OC)cc5c3O2)-c2ccccc2C42CCCCCCCCCCC2)cc1. The predicted molar refractivity (Wildman–Crippen MR) is 227 cm³/mol. The molecule has 5 aromatic carbocycles. The molecule has 0 amide bonds. The highest BCUT2D eigenvalue weighted by Crippen LogP contribution is 2.61. The van der Waals surface area contributed by atoms with E-state index in [2.05, 4.69) is 105 Å². The number of benzene rings is 5. The van der Waals surface area contributed by atoms with Gasteiger partial charge in [0.25, 0.3) is 0 Å². The second-order valence-electron chi connectivity index (χ2n) is 16.0. The van der Waals surface area contributed by atoms with Gasteiger partial charge in [-0.2, -0.15) is 0 Å². The Balaban J connectivity index is 1.28. The van der Waals surface area contributed by atoms with Crippen molar-refractivity contribution in [2.75, 3.05) is 20.3 Å². The van der Waals surface area contributed by atoms with Gasteiger partial charge in [-0.3, -0.25) is 0 Å². The molecule has 1 aliphatic heterocycles. The maximum Gasteiger partial charge on any atom is 0.333 e. The minimum atomic E-state index is -0.911. The summed E-state index contributed by atoms with van der Waals surface area (Å²) >= 11 is 0. The summed E-state index contributed by atoms with van der Waals surface area (Å²) in [6.45, 7) is 7.80. The Morgan fingerprint density at radius 1 is 0.750 bits per heavy atom. The van der Waals surface area contributed by atoms with Crippen molar-refractivity contribution in [3.63, 3.8) is 0 Å². The smallest absolute Gasteiger partial charge is 0.333 e. The summed E-state index contributed by atoms with van der Waals surface area (Å²) in [4.78, 5) is 11.9. The van der Waals surface area contributed by atoms with E-state index in [0.717, 1.165) is 40.9 Å². The van der Waals surface area contributed by atoms with Crippen LogP contribution in [0.5, 0.6) is 17.2 Å². The molecule has 1 heterocycles. The molecule has 0 aromatic heterocycles. The van der Waals surface area contributed by atoms with Crippen LogP contribution in [0.3, 0.4) is 0 Å². The Morgan fingerprint density at radius 3 is 2.04 bits per heavy atom. The summed E-state index contributed by atoms with van der Waals surface area (Å²) in [6.07, 6.45) is 18.6. The zero-order valence-corrected chi connectivity index (χ0v) is 33.3. The van der Waals surface area contributed by atoms with Gasteiger partial charge in [0, 0.05) is 33.1 Å². The number of hydrogen-bond acceptors (Lipinski definition) is 5. The summed E-state index contributed by atoms with van der Waals surface area (Å²) in [7, 11) is 1.74. The first-order valence-electron chi connectivity index (χ1n) is 20.6. The molecule has 5 heteroatoms. The molecule has 0 radical (unpaired) electrons. The van der Waals surface area contributed by atoms with Crippen molar-refractivity contribution in [3.8, 4) is 28.4 Å². The molecule has 1 fully saturated rings. The molecule has 1 saturated carbocycles. The van der Waals surface area contributed by atoms with Crippen LogP contribution in [0.4, 0.5) is 0 Å². The first kappa shape index (κ1) is 37.6. The van der Waals surface area contributed by atoms with Gasteiger partial charge in [0.05, 0.1) is 7.11 Å². The van der Waals surface area contributed by atoms with Crippen LogP contribution in [0.15, 0.2) is 109 Å². The van der Waals surface area contributed by atoms with Gasteiger partial charge in [-0.05, 0) is 90.7 Å². The predicted octanol–water partition coefficient (Wildman–Crippen LogP) is 12.6. The van der Waals surface area contributed by atoms with Crippen molar-refractivity contribution in [3.05, 3.63) is 143 Å². The molecule has 5 aromatic rings. The largest absolute Gasteiger partial charge is 0.497 e.